The molecule has 4 saturated carbocycles. The maximum atomic E-state index is 13.1. The molecule has 1 N–H and O–H groups in total. The molecule has 4 aliphatic rings. The van der Waals surface area contributed by atoms with E-state index < -0.39 is 11.5 Å². The molecule has 0 aromatic carbocycles. The van der Waals surface area contributed by atoms with Crippen LogP contribution < -0.4 is 0 Å². The molecule has 0 heterocycles. The minimum absolute atomic E-state index is 0.0421. The molecule has 22 heavy (non-hydrogen) atoms. The van der Waals surface area contributed by atoms with Crippen LogP contribution in [0.3, 0.4) is 0 Å². The predicted octanol–water partition coefficient (Wildman–Crippen LogP) is 4.13. The van der Waals surface area contributed by atoms with Crippen molar-refractivity contribution in [3.63, 3.8) is 0 Å². The number of rotatable bonds is 0. The van der Waals surface area contributed by atoms with E-state index in [1.54, 1.807) is 0 Å². The quantitative estimate of drug-likeness (QED) is 0.683. The summed E-state index contributed by atoms with van der Waals surface area (Å²) in [5.74, 6) is 1.31. The van der Waals surface area contributed by atoms with Gasteiger partial charge >= 0.3 is 0 Å². The highest BCUT2D eigenvalue weighted by molar-refractivity contribution is 6.04. The zero-order chi connectivity index (χ0) is 15.9. The minimum Gasteiger partial charge on any atom is -0.391 e. The number of carbonyl (C=O) groups excluding carboxylic acids is 1. The fourth-order valence-electron chi connectivity index (χ4n) is 7.49. The molecule has 122 valence electrons. The molecule has 4 rings (SSSR count). The smallest absolute Gasteiger partial charge is 0.167 e. The van der Waals surface area contributed by atoms with Crippen LogP contribution >= 0.6 is 0 Å². The molecule has 6 atom stereocenters. The number of aliphatic hydroxyl groups excluding tert-OH is 1. The number of Topliss-reactive ketones (excluding diaryl/α,β-unsaturated/α-hetero) is 1. The van der Waals surface area contributed by atoms with Crippen LogP contribution in [-0.4, -0.2) is 17.0 Å². The van der Waals surface area contributed by atoms with Crippen molar-refractivity contribution in [2.45, 2.75) is 71.8 Å². The van der Waals surface area contributed by atoms with E-state index in [4.69, 9.17) is 0 Å². The summed E-state index contributed by atoms with van der Waals surface area (Å²) in [6, 6.07) is 0. The normalized spacial score (nSPS) is 53.1. The molecule has 0 saturated heterocycles. The molecule has 0 aromatic heterocycles. The Morgan fingerprint density at radius 2 is 1.77 bits per heavy atom. The van der Waals surface area contributed by atoms with Crippen molar-refractivity contribution in [3.05, 3.63) is 12.2 Å². The third kappa shape index (κ3) is 1.48. The van der Waals surface area contributed by atoms with Gasteiger partial charge in [-0.25, -0.2) is 0 Å². The van der Waals surface area contributed by atoms with E-state index in [9.17, 15) is 9.90 Å². The van der Waals surface area contributed by atoms with Crippen molar-refractivity contribution in [1.29, 1.82) is 0 Å². The van der Waals surface area contributed by atoms with Gasteiger partial charge < -0.3 is 5.11 Å². The van der Waals surface area contributed by atoms with Crippen LogP contribution in [0.1, 0.15) is 65.7 Å². The van der Waals surface area contributed by atoms with E-state index in [1.807, 2.05) is 0 Å². The third-order valence-electron chi connectivity index (χ3n) is 8.38. The molecule has 2 bridgehead atoms. The summed E-state index contributed by atoms with van der Waals surface area (Å²) in [7, 11) is 0. The van der Waals surface area contributed by atoms with Crippen molar-refractivity contribution in [1.82, 2.24) is 0 Å². The van der Waals surface area contributed by atoms with Crippen molar-refractivity contribution in [2.75, 3.05) is 0 Å². The van der Waals surface area contributed by atoms with Gasteiger partial charge in [0.15, 0.2) is 5.78 Å². The van der Waals surface area contributed by atoms with E-state index in [2.05, 4.69) is 27.4 Å². The van der Waals surface area contributed by atoms with Crippen molar-refractivity contribution in [3.8, 4) is 0 Å². The Morgan fingerprint density at radius 3 is 2.50 bits per heavy atom. The molecule has 2 heteroatoms. The molecule has 4 aliphatic carbocycles. The molecule has 0 aromatic rings. The van der Waals surface area contributed by atoms with E-state index in [0.717, 1.165) is 31.3 Å². The summed E-state index contributed by atoms with van der Waals surface area (Å²) >= 11 is 0. The topological polar surface area (TPSA) is 37.3 Å². The van der Waals surface area contributed by atoms with Crippen LogP contribution in [0.4, 0.5) is 0 Å². The first kappa shape index (κ1) is 14.9. The van der Waals surface area contributed by atoms with Gasteiger partial charge in [-0.1, -0.05) is 33.8 Å². The Hall–Kier alpha value is -0.630. The van der Waals surface area contributed by atoms with E-state index in [0.29, 0.717) is 17.3 Å². The lowest BCUT2D eigenvalue weighted by atomic mass is 9.40. The Kier molecular flexibility index (Phi) is 2.89. The molecule has 0 radical (unpaired) electrons. The summed E-state index contributed by atoms with van der Waals surface area (Å²) in [5.41, 5.74) is 0.826. The van der Waals surface area contributed by atoms with Gasteiger partial charge in [-0.2, -0.15) is 0 Å². The van der Waals surface area contributed by atoms with Crippen LogP contribution in [0.2, 0.25) is 0 Å². The molecular formula is C20H30O2. The largest absolute Gasteiger partial charge is 0.391 e. The van der Waals surface area contributed by atoms with E-state index >= 15 is 0 Å². The van der Waals surface area contributed by atoms with Gasteiger partial charge in [0.05, 0.1) is 11.5 Å². The average molecular weight is 302 g/mol. The van der Waals surface area contributed by atoms with Crippen LogP contribution in [0.25, 0.3) is 0 Å². The van der Waals surface area contributed by atoms with Gasteiger partial charge in [0, 0.05) is 5.92 Å². The average Bonchev–Trinajstić information content (AvgIpc) is 2.56. The number of carbonyl (C=O) groups is 1. The van der Waals surface area contributed by atoms with Gasteiger partial charge in [-0.05, 0) is 66.8 Å². The zero-order valence-electron chi connectivity index (χ0n) is 14.3. The van der Waals surface area contributed by atoms with Crippen LogP contribution in [-0.2, 0) is 4.79 Å². The summed E-state index contributed by atoms with van der Waals surface area (Å²) in [6.45, 7) is 11.3. The second kappa shape index (κ2) is 4.26. The number of fused-ring (bicyclic) bond motifs is 3. The van der Waals surface area contributed by atoms with Crippen LogP contribution in [0.5, 0.6) is 0 Å². The molecule has 4 fully saturated rings. The number of hydrogen-bond acceptors (Lipinski definition) is 2. The maximum absolute atomic E-state index is 13.1. The standard InChI is InChI=1S/C20H30O2/c1-12-13-6-7-15-19(4)10-5-9-18(2,3)14(19)8-11-20(15,16(12)21)17(13)22/h13-15,17,22H,1,5-11H2,2-4H3/t13-,14+,15-,17+,19+,20+/m0/s1. The Morgan fingerprint density at radius 1 is 1.05 bits per heavy atom. The van der Waals surface area contributed by atoms with Crippen molar-refractivity contribution in [2.24, 2.45) is 34.0 Å². The first-order valence-electron chi connectivity index (χ1n) is 9.17. The summed E-state index contributed by atoms with van der Waals surface area (Å²) < 4.78 is 0. The summed E-state index contributed by atoms with van der Waals surface area (Å²) in [4.78, 5) is 13.1. The number of hydrogen-bond donors (Lipinski definition) is 1. The lowest BCUT2D eigenvalue weighted by Crippen LogP contribution is -2.61. The third-order valence-corrected chi connectivity index (χ3v) is 8.38. The lowest BCUT2D eigenvalue weighted by Gasteiger charge is -2.63. The predicted molar refractivity (Wildman–Crippen MR) is 87.3 cm³/mol. The Balaban J connectivity index is 1.83. The molecule has 2 nitrogen and oxygen atoms in total. The number of ketones is 1. The molecule has 0 unspecified atom stereocenters. The summed E-state index contributed by atoms with van der Waals surface area (Å²) in [5, 5.41) is 11.0. The second-order valence-corrected chi connectivity index (χ2v) is 9.52. The fourth-order valence-corrected chi connectivity index (χ4v) is 7.49. The molecule has 1 spiro atoms. The summed E-state index contributed by atoms with van der Waals surface area (Å²) in [6.07, 6.45) is 7.38. The minimum atomic E-state index is -0.487. The van der Waals surface area contributed by atoms with Crippen LogP contribution in [0, 0.1) is 34.0 Å². The van der Waals surface area contributed by atoms with Gasteiger partial charge in [-0.15, -0.1) is 0 Å². The van der Waals surface area contributed by atoms with E-state index in [-0.39, 0.29) is 17.1 Å². The zero-order valence-corrected chi connectivity index (χ0v) is 14.3. The highest BCUT2D eigenvalue weighted by atomic mass is 16.3. The SMILES string of the molecule is C=C1C(=O)[C@@]23CC[C@@H]4C(C)(C)CCC[C@@]4(C)[C@@H]2CC[C@@H]1[C@H]3O. The van der Waals surface area contributed by atoms with Gasteiger partial charge in [0.25, 0.3) is 0 Å². The Labute approximate surface area is 134 Å². The second-order valence-electron chi connectivity index (χ2n) is 9.52. The van der Waals surface area contributed by atoms with Crippen molar-refractivity contribution >= 4 is 5.78 Å². The van der Waals surface area contributed by atoms with Crippen molar-refractivity contribution < 1.29 is 9.90 Å². The first-order valence-corrected chi connectivity index (χ1v) is 9.17. The fraction of sp³-hybridized carbons (Fsp3) is 0.850. The molecule has 0 amide bonds. The Bertz CT molecular complexity index is 548. The first-order chi connectivity index (χ1) is 10.2. The van der Waals surface area contributed by atoms with Gasteiger partial charge in [-0.3, -0.25) is 4.79 Å². The van der Waals surface area contributed by atoms with Crippen LogP contribution in [0.15, 0.2) is 12.2 Å². The monoisotopic (exact) mass is 302 g/mol. The van der Waals surface area contributed by atoms with E-state index in [1.165, 1.54) is 19.3 Å². The van der Waals surface area contributed by atoms with Gasteiger partial charge in [0.2, 0.25) is 0 Å². The highest BCUT2D eigenvalue weighted by Gasteiger charge is 2.70. The van der Waals surface area contributed by atoms with Gasteiger partial charge in [0.1, 0.15) is 0 Å². The maximum Gasteiger partial charge on any atom is 0.167 e. The lowest BCUT2D eigenvalue weighted by molar-refractivity contribution is -0.186. The number of aliphatic hydroxyl groups is 1. The molecular weight excluding hydrogens is 272 g/mol. The highest BCUT2D eigenvalue weighted by Crippen LogP contribution is 2.70. The molecule has 0 aliphatic heterocycles.